The fourth-order valence-electron chi connectivity index (χ4n) is 6.67. The zero-order valence-corrected chi connectivity index (χ0v) is 28.8. The van der Waals surface area contributed by atoms with Crippen LogP contribution in [0.25, 0.3) is 0 Å². The molecular formula is C34H44O20. The summed E-state index contributed by atoms with van der Waals surface area (Å²) in [7, 11) is 1.37. The molecule has 0 aromatic heterocycles. The monoisotopic (exact) mass is 772 g/mol. The highest BCUT2D eigenvalue weighted by Crippen LogP contribution is 2.44. The van der Waals surface area contributed by atoms with Crippen molar-refractivity contribution in [3.8, 4) is 28.7 Å². The minimum Gasteiger partial charge on any atom is -0.507 e. The molecule has 0 spiro atoms. The van der Waals surface area contributed by atoms with Gasteiger partial charge in [0.25, 0.3) is 0 Å². The van der Waals surface area contributed by atoms with E-state index in [1.165, 1.54) is 32.2 Å². The highest BCUT2D eigenvalue weighted by molar-refractivity contribution is 6.02. The zero-order chi connectivity index (χ0) is 39.2. The molecule has 4 heterocycles. The van der Waals surface area contributed by atoms with Crippen molar-refractivity contribution in [2.24, 2.45) is 0 Å². The molecule has 16 atom stereocenters. The number of hydrogen-bond acceptors (Lipinski definition) is 20. The van der Waals surface area contributed by atoms with E-state index in [9.17, 15) is 61.0 Å². The predicted octanol–water partition coefficient (Wildman–Crippen LogP) is -3.33. The van der Waals surface area contributed by atoms with Crippen LogP contribution in [-0.2, 0) is 23.7 Å². The Balaban J connectivity index is 1.27. The standard InChI is InChI=1S/C34H44O20/c1-11-23(39)26(42)29(45)32(49-11)48-10-21-25(41)28(44)31(54-33-30(46)27(43)24(40)20(9-35)52-33)34(53-21)50-13-6-15(37)22-16(38)8-18(51-19(22)7-13)12-3-4-17(47-2)14(36)5-12/h3-7,11,18,20-21,23-37,39-46H,8-10H2,1-2H3. The quantitative estimate of drug-likeness (QED) is 0.112. The van der Waals surface area contributed by atoms with Crippen molar-refractivity contribution < 1.29 is 98.9 Å². The molecular weight excluding hydrogens is 728 g/mol. The Kier molecular flexibility index (Phi) is 12.2. The Morgan fingerprint density at radius 1 is 0.741 bits per heavy atom. The van der Waals surface area contributed by atoms with E-state index < -0.39 is 123 Å². The molecule has 0 amide bonds. The molecule has 0 radical (unpaired) electrons. The Labute approximate surface area is 306 Å². The summed E-state index contributed by atoms with van der Waals surface area (Å²) >= 11 is 0. The molecule has 2 aromatic carbocycles. The van der Waals surface area contributed by atoms with E-state index in [2.05, 4.69) is 0 Å². The molecule has 2 aromatic rings. The van der Waals surface area contributed by atoms with E-state index >= 15 is 0 Å². The Hall–Kier alpha value is -3.45. The lowest BCUT2D eigenvalue weighted by Crippen LogP contribution is -2.65. The zero-order valence-electron chi connectivity index (χ0n) is 28.8. The number of aliphatic hydroxyl groups is 9. The van der Waals surface area contributed by atoms with Gasteiger partial charge in [-0.15, -0.1) is 0 Å². The third-order valence-corrected chi connectivity index (χ3v) is 9.82. The van der Waals surface area contributed by atoms with Gasteiger partial charge >= 0.3 is 0 Å². The van der Waals surface area contributed by atoms with E-state index in [1.807, 2.05) is 0 Å². The Bertz CT molecular complexity index is 1620. The number of phenols is 2. The van der Waals surface area contributed by atoms with Crippen molar-refractivity contribution in [2.45, 2.75) is 112 Å². The van der Waals surface area contributed by atoms with Crippen LogP contribution in [0.5, 0.6) is 28.7 Å². The molecule has 4 aliphatic heterocycles. The molecule has 0 bridgehead atoms. The Morgan fingerprint density at radius 2 is 1.41 bits per heavy atom. The van der Waals surface area contributed by atoms with Gasteiger partial charge < -0.3 is 94.1 Å². The molecule has 20 nitrogen and oxygen atoms in total. The number of Topliss-reactive ketones (excluding diaryl/α,β-unsaturated/α-hetero) is 1. The number of methoxy groups -OCH3 is 1. The van der Waals surface area contributed by atoms with Gasteiger partial charge in [-0.05, 0) is 24.6 Å². The first-order valence-electron chi connectivity index (χ1n) is 17.0. The number of rotatable bonds is 10. The van der Waals surface area contributed by atoms with Crippen molar-refractivity contribution >= 4 is 5.78 Å². The maximum atomic E-state index is 13.2. The minimum absolute atomic E-state index is 0.137. The summed E-state index contributed by atoms with van der Waals surface area (Å²) in [6.45, 7) is -0.00320. The number of ketones is 1. The summed E-state index contributed by atoms with van der Waals surface area (Å²) < 4.78 is 45.2. The van der Waals surface area contributed by atoms with E-state index in [1.54, 1.807) is 6.07 Å². The molecule has 0 aliphatic carbocycles. The molecule has 3 fully saturated rings. The maximum absolute atomic E-state index is 13.2. The molecule has 3 saturated heterocycles. The van der Waals surface area contributed by atoms with Crippen molar-refractivity contribution in [1.82, 2.24) is 0 Å². The van der Waals surface area contributed by atoms with Gasteiger partial charge in [-0.1, -0.05) is 6.07 Å². The molecule has 300 valence electrons. The number of carbonyl (C=O) groups excluding carboxylic acids is 1. The maximum Gasteiger partial charge on any atom is 0.229 e. The number of carbonyl (C=O) groups is 1. The minimum atomic E-state index is -1.95. The third-order valence-electron chi connectivity index (χ3n) is 9.82. The second kappa shape index (κ2) is 16.3. The Morgan fingerprint density at radius 3 is 2.09 bits per heavy atom. The smallest absolute Gasteiger partial charge is 0.229 e. The molecule has 0 saturated carbocycles. The number of benzene rings is 2. The summed E-state index contributed by atoms with van der Waals surface area (Å²) in [5.74, 6) is -1.46. The van der Waals surface area contributed by atoms with E-state index in [0.717, 1.165) is 6.07 Å². The van der Waals surface area contributed by atoms with Crippen LogP contribution in [0, 0.1) is 0 Å². The number of ether oxygens (including phenoxy) is 8. The van der Waals surface area contributed by atoms with Crippen molar-refractivity contribution in [3.63, 3.8) is 0 Å². The van der Waals surface area contributed by atoms with E-state index in [0.29, 0.717) is 5.56 Å². The lowest BCUT2D eigenvalue weighted by atomic mass is 9.95. The molecule has 16 unspecified atom stereocenters. The number of phenolic OH excluding ortho intramolecular Hbond substituents is 2. The van der Waals surface area contributed by atoms with Crippen LogP contribution in [0.15, 0.2) is 30.3 Å². The molecule has 54 heavy (non-hydrogen) atoms. The SMILES string of the molecule is COc1ccc(C2CC(=O)c3c(O)cc(OC4OC(COC5OC(C)C(O)C(O)C5O)C(O)C(O)C4OC4OC(CO)C(O)C(O)C4O)cc3O2)cc1O. The van der Waals surface area contributed by atoms with Crippen LogP contribution in [0.2, 0.25) is 0 Å². The first-order valence-corrected chi connectivity index (χ1v) is 17.0. The fourth-order valence-corrected chi connectivity index (χ4v) is 6.67. The van der Waals surface area contributed by atoms with Crippen LogP contribution in [0.4, 0.5) is 0 Å². The van der Waals surface area contributed by atoms with Crippen LogP contribution in [0.3, 0.4) is 0 Å². The van der Waals surface area contributed by atoms with Crippen molar-refractivity contribution in [1.29, 1.82) is 0 Å². The molecule has 6 rings (SSSR count). The normalized spacial score (nSPS) is 39.7. The molecule has 11 N–H and O–H groups in total. The van der Waals surface area contributed by atoms with Gasteiger partial charge in [0.1, 0.15) is 90.0 Å². The highest BCUT2D eigenvalue weighted by Gasteiger charge is 2.52. The molecule has 20 heteroatoms. The topological polar surface area (TPSA) is 313 Å². The van der Waals surface area contributed by atoms with Crippen LogP contribution in [0.1, 0.15) is 35.4 Å². The van der Waals surface area contributed by atoms with Gasteiger partial charge in [-0.25, -0.2) is 0 Å². The largest absolute Gasteiger partial charge is 0.507 e. The lowest BCUT2D eigenvalue weighted by molar-refractivity contribution is -0.362. The number of aromatic hydroxyl groups is 2. The summed E-state index contributed by atoms with van der Waals surface area (Å²) in [6, 6.07) is 6.67. The summed E-state index contributed by atoms with van der Waals surface area (Å²) in [5.41, 5.74) is 0.231. The predicted molar refractivity (Wildman–Crippen MR) is 173 cm³/mol. The molecule has 4 aliphatic rings. The second-order valence-corrected chi connectivity index (χ2v) is 13.4. The fraction of sp³-hybridized carbons (Fsp3) is 0.618. The van der Waals surface area contributed by atoms with Gasteiger partial charge in [0.2, 0.25) is 6.29 Å². The number of hydrogen-bond donors (Lipinski definition) is 11. The summed E-state index contributed by atoms with van der Waals surface area (Å²) in [6.07, 6.45) is -26.1. The number of aliphatic hydroxyl groups excluding tert-OH is 9. The van der Waals surface area contributed by atoms with Crippen LogP contribution < -0.4 is 14.2 Å². The van der Waals surface area contributed by atoms with Gasteiger partial charge in [0, 0.05) is 12.1 Å². The van der Waals surface area contributed by atoms with Gasteiger partial charge in [0.15, 0.2) is 36.0 Å². The first kappa shape index (κ1) is 40.2. The van der Waals surface area contributed by atoms with E-state index in [-0.39, 0.29) is 35.0 Å². The van der Waals surface area contributed by atoms with Crippen LogP contribution >= 0.6 is 0 Å². The van der Waals surface area contributed by atoms with Gasteiger partial charge in [0.05, 0.1) is 32.8 Å². The van der Waals surface area contributed by atoms with Crippen LogP contribution in [-0.4, -0.2) is 174 Å². The van der Waals surface area contributed by atoms with E-state index in [4.69, 9.17) is 37.9 Å². The summed E-state index contributed by atoms with van der Waals surface area (Å²) in [4.78, 5) is 13.2. The first-order chi connectivity index (χ1) is 25.6. The lowest BCUT2D eigenvalue weighted by Gasteiger charge is -2.46. The average molecular weight is 773 g/mol. The van der Waals surface area contributed by atoms with Gasteiger partial charge in [-0.2, -0.15) is 0 Å². The highest BCUT2D eigenvalue weighted by atomic mass is 16.8. The number of fused-ring (bicyclic) bond motifs is 1. The van der Waals surface area contributed by atoms with Crippen molar-refractivity contribution in [2.75, 3.05) is 20.3 Å². The van der Waals surface area contributed by atoms with Gasteiger partial charge in [-0.3, -0.25) is 4.79 Å². The van der Waals surface area contributed by atoms with Crippen molar-refractivity contribution in [3.05, 3.63) is 41.5 Å². The third kappa shape index (κ3) is 7.81. The second-order valence-electron chi connectivity index (χ2n) is 13.4. The average Bonchev–Trinajstić information content (AvgIpc) is 3.14. The summed E-state index contributed by atoms with van der Waals surface area (Å²) in [5, 5.41) is 115.